The van der Waals surface area contributed by atoms with Crippen LogP contribution in [0.2, 0.25) is 0 Å². The molecule has 7 rings (SSSR count). The fourth-order valence-electron chi connectivity index (χ4n) is 7.41. The Morgan fingerprint density at radius 3 is 2.47 bits per heavy atom. The quantitative estimate of drug-likeness (QED) is 0.275. The molecule has 3 aromatic heterocycles. The SMILES string of the molecule is COC(=O)c1cccc(N2CC[C@@]3(CCN(C(=O)c4nc5c(C)cc(N6CC[C@](C)(c7cccc(C(F)(F)F)c7)C6)cn5n4)C3)C2)n1. The lowest BCUT2D eigenvalue weighted by atomic mass is 9.81. The van der Waals surface area contributed by atoms with Crippen molar-refractivity contribution in [3.8, 4) is 0 Å². The van der Waals surface area contributed by atoms with Gasteiger partial charge in [-0.3, -0.25) is 4.79 Å². The Morgan fingerprint density at radius 2 is 1.68 bits per heavy atom. The fourth-order valence-corrected chi connectivity index (χ4v) is 7.41. The van der Waals surface area contributed by atoms with Gasteiger partial charge in [0.15, 0.2) is 11.3 Å². The second-order valence-corrected chi connectivity index (χ2v) is 13.4. The molecule has 1 amide bonds. The van der Waals surface area contributed by atoms with Gasteiger partial charge in [0, 0.05) is 50.1 Å². The van der Waals surface area contributed by atoms with Crippen molar-refractivity contribution in [2.24, 2.45) is 5.41 Å². The number of benzene rings is 1. The Kier molecular flexibility index (Phi) is 7.40. The summed E-state index contributed by atoms with van der Waals surface area (Å²) in [7, 11) is 1.33. The smallest absolute Gasteiger partial charge is 0.416 e. The molecule has 4 aromatic rings. The van der Waals surface area contributed by atoms with E-state index in [0.717, 1.165) is 49.1 Å². The van der Waals surface area contributed by atoms with Crippen LogP contribution in [0.4, 0.5) is 24.7 Å². The number of fused-ring (bicyclic) bond motifs is 1. The Labute approximate surface area is 270 Å². The third kappa shape index (κ3) is 5.65. The standard InChI is InChI=1S/C34H36F3N7O3/c1-22-16-25(41-13-10-32(2,19-41)23-6-4-7-24(17-23)34(35,36)37)18-44-29(22)39-28(40-44)30(45)43-15-12-33(21-43)11-14-42(20-33)27-9-5-8-26(38-27)31(46)47-3/h4-9,16-18H,10-15,19-21H2,1-3H3/t32-,33+/m0/s1. The number of esters is 1. The molecule has 246 valence electrons. The second-order valence-electron chi connectivity index (χ2n) is 13.4. The highest BCUT2D eigenvalue weighted by atomic mass is 19.4. The van der Waals surface area contributed by atoms with Gasteiger partial charge < -0.3 is 19.4 Å². The van der Waals surface area contributed by atoms with Crippen LogP contribution in [0.15, 0.2) is 54.7 Å². The molecule has 6 heterocycles. The molecule has 47 heavy (non-hydrogen) atoms. The van der Waals surface area contributed by atoms with Crippen LogP contribution in [0.25, 0.3) is 5.65 Å². The number of aryl methyl sites for hydroxylation is 1. The summed E-state index contributed by atoms with van der Waals surface area (Å²) in [5.41, 5.74) is 2.09. The van der Waals surface area contributed by atoms with Gasteiger partial charge in [-0.15, -0.1) is 5.10 Å². The topological polar surface area (TPSA) is 96.2 Å². The second kappa shape index (κ2) is 11.2. The molecule has 0 bridgehead atoms. The number of anilines is 2. The van der Waals surface area contributed by atoms with Gasteiger partial charge in [-0.25, -0.2) is 19.3 Å². The molecule has 10 nitrogen and oxygen atoms in total. The number of nitrogens with zero attached hydrogens (tertiary/aromatic N) is 7. The van der Waals surface area contributed by atoms with E-state index in [4.69, 9.17) is 4.74 Å². The Morgan fingerprint density at radius 1 is 0.915 bits per heavy atom. The first kappa shape index (κ1) is 30.9. The lowest BCUT2D eigenvalue weighted by Gasteiger charge is -2.27. The number of aromatic nitrogens is 4. The molecule has 2 atom stereocenters. The first-order chi connectivity index (χ1) is 22.4. The van der Waals surface area contributed by atoms with Crippen molar-refractivity contribution in [3.05, 3.63) is 82.9 Å². The van der Waals surface area contributed by atoms with E-state index in [1.54, 1.807) is 22.7 Å². The van der Waals surface area contributed by atoms with E-state index >= 15 is 0 Å². The maximum absolute atomic E-state index is 13.7. The summed E-state index contributed by atoms with van der Waals surface area (Å²) >= 11 is 0. The van der Waals surface area contributed by atoms with Crippen molar-refractivity contribution in [3.63, 3.8) is 0 Å². The molecule has 0 N–H and O–H groups in total. The minimum absolute atomic E-state index is 0.0805. The van der Waals surface area contributed by atoms with Crippen molar-refractivity contribution in [2.75, 3.05) is 56.2 Å². The van der Waals surface area contributed by atoms with Gasteiger partial charge in [-0.1, -0.05) is 31.2 Å². The molecule has 1 spiro atoms. The predicted octanol–water partition coefficient (Wildman–Crippen LogP) is 5.15. The zero-order valence-electron chi connectivity index (χ0n) is 26.5. The van der Waals surface area contributed by atoms with E-state index in [1.807, 2.05) is 37.1 Å². The van der Waals surface area contributed by atoms with Crippen LogP contribution in [0.5, 0.6) is 0 Å². The number of halogens is 3. The Bertz CT molecular complexity index is 1880. The summed E-state index contributed by atoms with van der Waals surface area (Å²) < 4.78 is 46.7. The third-order valence-corrected chi connectivity index (χ3v) is 10.1. The number of carbonyl (C=O) groups is 2. The summed E-state index contributed by atoms with van der Waals surface area (Å²) in [6.45, 7) is 7.84. The maximum Gasteiger partial charge on any atom is 0.416 e. The van der Waals surface area contributed by atoms with Crippen LogP contribution in [0.3, 0.4) is 0 Å². The molecular formula is C34H36F3N7O3. The Hall–Kier alpha value is -4.68. The van der Waals surface area contributed by atoms with Crippen molar-refractivity contribution in [1.29, 1.82) is 0 Å². The molecule has 3 aliphatic heterocycles. The largest absolute Gasteiger partial charge is 0.464 e. The highest BCUT2D eigenvalue weighted by molar-refractivity contribution is 5.91. The van der Waals surface area contributed by atoms with E-state index in [-0.39, 0.29) is 22.8 Å². The van der Waals surface area contributed by atoms with Crippen LogP contribution in [-0.2, 0) is 16.3 Å². The van der Waals surface area contributed by atoms with E-state index in [9.17, 15) is 22.8 Å². The molecule has 0 aliphatic carbocycles. The van der Waals surface area contributed by atoms with Crippen molar-refractivity contribution < 1.29 is 27.5 Å². The first-order valence-electron chi connectivity index (χ1n) is 15.8. The van der Waals surface area contributed by atoms with Crippen molar-refractivity contribution >= 4 is 29.0 Å². The van der Waals surface area contributed by atoms with Gasteiger partial charge in [0.2, 0.25) is 5.82 Å². The number of alkyl halides is 3. The zero-order valence-corrected chi connectivity index (χ0v) is 26.5. The molecule has 3 saturated heterocycles. The van der Waals surface area contributed by atoms with Gasteiger partial charge >= 0.3 is 12.1 Å². The summed E-state index contributed by atoms with van der Waals surface area (Å²) in [6.07, 6.45) is -0.0917. The molecule has 1 aromatic carbocycles. The van der Waals surface area contributed by atoms with Crippen LogP contribution in [0.1, 0.15) is 64.0 Å². The van der Waals surface area contributed by atoms with Crippen molar-refractivity contribution in [1.82, 2.24) is 24.5 Å². The normalized spacial score (nSPS) is 23.0. The van der Waals surface area contributed by atoms with Gasteiger partial charge in [0.1, 0.15) is 5.82 Å². The molecular weight excluding hydrogens is 611 g/mol. The van der Waals surface area contributed by atoms with Gasteiger partial charge in [-0.05, 0) is 61.6 Å². The number of hydrogen-bond donors (Lipinski definition) is 0. The highest BCUT2D eigenvalue weighted by Gasteiger charge is 2.46. The first-order valence-corrected chi connectivity index (χ1v) is 15.8. The van der Waals surface area contributed by atoms with Crippen LogP contribution in [0, 0.1) is 12.3 Å². The highest BCUT2D eigenvalue weighted by Crippen LogP contribution is 2.42. The number of amides is 1. The van der Waals surface area contributed by atoms with Gasteiger partial charge in [0.25, 0.3) is 5.91 Å². The molecule has 0 unspecified atom stereocenters. The van der Waals surface area contributed by atoms with Gasteiger partial charge in [0.05, 0.1) is 24.6 Å². The fraction of sp³-hybridized carbons (Fsp3) is 0.441. The average molecular weight is 648 g/mol. The average Bonchev–Trinajstić information content (AvgIpc) is 3.87. The number of likely N-dealkylation sites (tertiary alicyclic amines) is 1. The number of methoxy groups -OCH3 is 1. The number of rotatable bonds is 5. The van der Waals surface area contributed by atoms with E-state index in [0.29, 0.717) is 43.8 Å². The zero-order chi connectivity index (χ0) is 33.1. The summed E-state index contributed by atoms with van der Waals surface area (Å²) in [4.78, 5) is 40.9. The molecule has 3 fully saturated rings. The number of ether oxygens (including phenoxy) is 1. The monoisotopic (exact) mass is 647 g/mol. The number of carbonyl (C=O) groups excluding carboxylic acids is 2. The minimum atomic E-state index is -4.39. The predicted molar refractivity (Wildman–Crippen MR) is 169 cm³/mol. The van der Waals surface area contributed by atoms with E-state index < -0.39 is 23.1 Å². The summed E-state index contributed by atoms with van der Waals surface area (Å²) in [6, 6.07) is 12.9. The summed E-state index contributed by atoms with van der Waals surface area (Å²) in [5, 5.41) is 4.59. The molecule has 13 heteroatoms. The van der Waals surface area contributed by atoms with Crippen LogP contribution < -0.4 is 9.80 Å². The lowest BCUT2D eigenvalue weighted by Crippen LogP contribution is -2.34. The van der Waals surface area contributed by atoms with Crippen LogP contribution in [-0.4, -0.2) is 82.7 Å². The number of hydrogen-bond acceptors (Lipinski definition) is 8. The van der Waals surface area contributed by atoms with Gasteiger partial charge in [-0.2, -0.15) is 13.2 Å². The number of pyridine rings is 2. The lowest BCUT2D eigenvalue weighted by molar-refractivity contribution is -0.137. The molecule has 0 saturated carbocycles. The van der Waals surface area contributed by atoms with E-state index in [2.05, 4.69) is 24.9 Å². The van der Waals surface area contributed by atoms with E-state index in [1.165, 1.54) is 19.2 Å². The molecule has 3 aliphatic rings. The third-order valence-electron chi connectivity index (χ3n) is 10.1. The van der Waals surface area contributed by atoms with Crippen LogP contribution >= 0.6 is 0 Å². The Balaban J connectivity index is 1.05. The van der Waals surface area contributed by atoms with Crippen molar-refractivity contribution in [2.45, 2.75) is 44.7 Å². The summed E-state index contributed by atoms with van der Waals surface area (Å²) in [5.74, 6) is 0.166. The molecule has 0 radical (unpaired) electrons. The maximum atomic E-state index is 13.7. The minimum Gasteiger partial charge on any atom is -0.464 e.